The molecule has 2 aromatic rings. The van der Waals surface area contributed by atoms with Crippen LogP contribution in [0.4, 0.5) is 5.82 Å². The first-order valence-electron chi connectivity index (χ1n) is 9.90. The van der Waals surface area contributed by atoms with Crippen LogP contribution >= 0.6 is 0 Å². The zero-order valence-electron chi connectivity index (χ0n) is 17.6. The highest BCUT2D eigenvalue weighted by molar-refractivity contribution is 6.74. The van der Waals surface area contributed by atoms with E-state index in [0.29, 0.717) is 35.9 Å². The zero-order chi connectivity index (χ0) is 20.9. The molecular weight excluding hydrogens is 374 g/mol. The van der Waals surface area contributed by atoms with Crippen LogP contribution < -0.4 is 5.73 Å². The molecule has 3 rings (SSSR count). The summed E-state index contributed by atoms with van der Waals surface area (Å²) >= 11 is 0. The lowest BCUT2D eigenvalue weighted by atomic mass is 9.99. The summed E-state index contributed by atoms with van der Waals surface area (Å²) < 4.78 is 8.22. The molecule has 156 valence electrons. The van der Waals surface area contributed by atoms with Crippen molar-refractivity contribution in [2.45, 2.75) is 70.5 Å². The van der Waals surface area contributed by atoms with E-state index >= 15 is 0 Å². The minimum atomic E-state index is -2.00. The van der Waals surface area contributed by atoms with E-state index in [1.807, 2.05) is 0 Å². The summed E-state index contributed by atoms with van der Waals surface area (Å²) in [6.07, 6.45) is 1.82. The number of nitrogen functional groups attached to an aromatic ring is 1. The van der Waals surface area contributed by atoms with Crippen LogP contribution in [0.3, 0.4) is 0 Å². The standard InChI is InChI=1S/C19H33N5O3Si/c1-11(2)19(3,4)28(5,6)27-8-12-7-13(16(26)15(12)25)24-10-23-14-17(20)21-9-22-18(14)24/h9-13,15-16,25-26H,7-8H2,1-6H3,(H2,20,21,22)/t12-,13-,15-,16+/m1/s1. The highest BCUT2D eigenvalue weighted by Crippen LogP contribution is 2.45. The summed E-state index contributed by atoms with van der Waals surface area (Å²) in [4.78, 5) is 12.5. The van der Waals surface area contributed by atoms with E-state index < -0.39 is 20.5 Å². The van der Waals surface area contributed by atoms with E-state index in [2.05, 4.69) is 55.7 Å². The Labute approximate surface area is 167 Å². The molecule has 2 heterocycles. The predicted molar refractivity (Wildman–Crippen MR) is 111 cm³/mol. The van der Waals surface area contributed by atoms with Crippen LogP contribution in [0.15, 0.2) is 12.7 Å². The first-order valence-corrected chi connectivity index (χ1v) is 12.8. The summed E-state index contributed by atoms with van der Waals surface area (Å²) in [5.41, 5.74) is 6.94. The number of imidazole rings is 1. The maximum atomic E-state index is 10.7. The molecule has 0 unspecified atom stereocenters. The predicted octanol–water partition coefficient (Wildman–Crippen LogP) is 2.35. The molecule has 1 aliphatic carbocycles. The quantitative estimate of drug-likeness (QED) is 0.629. The van der Waals surface area contributed by atoms with Gasteiger partial charge in [0.25, 0.3) is 0 Å². The van der Waals surface area contributed by atoms with Gasteiger partial charge in [0.1, 0.15) is 17.9 Å². The molecule has 4 atom stereocenters. The number of anilines is 1. The molecule has 4 N–H and O–H groups in total. The van der Waals surface area contributed by atoms with Crippen molar-refractivity contribution in [1.82, 2.24) is 19.5 Å². The van der Waals surface area contributed by atoms with Crippen molar-refractivity contribution in [1.29, 1.82) is 0 Å². The van der Waals surface area contributed by atoms with Gasteiger partial charge in [-0.15, -0.1) is 0 Å². The van der Waals surface area contributed by atoms with Gasteiger partial charge < -0.3 is 24.9 Å². The van der Waals surface area contributed by atoms with Gasteiger partial charge in [0.15, 0.2) is 19.8 Å². The lowest BCUT2D eigenvalue weighted by Gasteiger charge is -2.43. The monoisotopic (exact) mass is 407 g/mol. The van der Waals surface area contributed by atoms with E-state index in [-0.39, 0.29) is 17.0 Å². The molecule has 9 heteroatoms. The second-order valence-corrected chi connectivity index (χ2v) is 13.9. The van der Waals surface area contributed by atoms with Crippen molar-refractivity contribution in [3.63, 3.8) is 0 Å². The third-order valence-electron chi connectivity index (χ3n) is 7.17. The molecule has 0 saturated heterocycles. The van der Waals surface area contributed by atoms with E-state index in [1.54, 1.807) is 10.9 Å². The summed E-state index contributed by atoms with van der Waals surface area (Å²) in [6, 6.07) is -0.328. The number of fused-ring (bicyclic) bond motifs is 1. The average molecular weight is 408 g/mol. The Bertz CT molecular complexity index is 838. The Morgan fingerprint density at radius 3 is 2.57 bits per heavy atom. The molecule has 0 bridgehead atoms. The van der Waals surface area contributed by atoms with Gasteiger partial charge in [0, 0.05) is 12.5 Å². The Morgan fingerprint density at radius 1 is 1.25 bits per heavy atom. The molecule has 8 nitrogen and oxygen atoms in total. The van der Waals surface area contributed by atoms with Crippen LogP contribution in [0.5, 0.6) is 0 Å². The van der Waals surface area contributed by atoms with Crippen molar-refractivity contribution in [2.75, 3.05) is 12.3 Å². The largest absolute Gasteiger partial charge is 0.416 e. The summed E-state index contributed by atoms with van der Waals surface area (Å²) in [7, 11) is -2.00. The van der Waals surface area contributed by atoms with Gasteiger partial charge in [0.2, 0.25) is 0 Å². The SMILES string of the molecule is CC(C)C(C)(C)[Si](C)(C)OC[C@H]1C[C@@H](n2cnc3c(N)ncnc32)[C@H](O)[C@@H]1O. The fraction of sp³-hybridized carbons (Fsp3) is 0.737. The number of hydrogen-bond donors (Lipinski definition) is 3. The molecule has 2 aromatic heterocycles. The number of aromatic nitrogens is 4. The number of hydrogen-bond acceptors (Lipinski definition) is 7. The van der Waals surface area contributed by atoms with Crippen molar-refractivity contribution in [2.24, 2.45) is 11.8 Å². The van der Waals surface area contributed by atoms with Crippen LogP contribution in [0, 0.1) is 11.8 Å². The Morgan fingerprint density at radius 2 is 1.93 bits per heavy atom. The number of nitrogens with zero attached hydrogens (tertiary/aromatic N) is 4. The highest BCUT2D eigenvalue weighted by Gasteiger charge is 2.47. The molecule has 0 spiro atoms. The van der Waals surface area contributed by atoms with Crippen LogP contribution in [0.25, 0.3) is 11.2 Å². The highest BCUT2D eigenvalue weighted by atomic mass is 28.4. The summed E-state index contributed by atoms with van der Waals surface area (Å²) in [6.45, 7) is 13.9. The molecule has 1 saturated carbocycles. The smallest absolute Gasteiger partial charge is 0.192 e. The molecule has 28 heavy (non-hydrogen) atoms. The molecule has 0 radical (unpaired) electrons. The van der Waals surface area contributed by atoms with Gasteiger partial charge >= 0.3 is 0 Å². The second-order valence-electron chi connectivity index (χ2n) is 9.32. The first kappa shape index (κ1) is 21.2. The van der Waals surface area contributed by atoms with Crippen molar-refractivity contribution in [3.8, 4) is 0 Å². The third kappa shape index (κ3) is 3.45. The molecule has 0 aliphatic heterocycles. The summed E-state index contributed by atoms with van der Waals surface area (Å²) in [5, 5.41) is 21.4. The van der Waals surface area contributed by atoms with Crippen LogP contribution in [0.2, 0.25) is 18.1 Å². The van der Waals surface area contributed by atoms with Crippen LogP contribution in [0.1, 0.15) is 40.2 Å². The number of aliphatic hydroxyl groups excluding tert-OH is 2. The minimum Gasteiger partial charge on any atom is -0.416 e. The zero-order valence-corrected chi connectivity index (χ0v) is 18.6. The topological polar surface area (TPSA) is 119 Å². The fourth-order valence-electron chi connectivity index (χ4n) is 3.85. The minimum absolute atomic E-state index is 0.101. The van der Waals surface area contributed by atoms with E-state index in [1.165, 1.54) is 6.33 Å². The van der Waals surface area contributed by atoms with Gasteiger partial charge in [-0.1, -0.05) is 27.7 Å². The maximum Gasteiger partial charge on any atom is 0.192 e. The number of nitrogens with two attached hydrogens (primary N) is 1. The van der Waals surface area contributed by atoms with Crippen molar-refractivity contribution < 1.29 is 14.6 Å². The van der Waals surface area contributed by atoms with Gasteiger partial charge in [-0.05, 0) is 30.5 Å². The van der Waals surface area contributed by atoms with Gasteiger partial charge in [-0.2, -0.15) is 0 Å². The fourth-order valence-corrected chi connectivity index (χ4v) is 6.24. The molecule has 0 amide bonds. The van der Waals surface area contributed by atoms with Gasteiger partial charge in [-0.3, -0.25) is 0 Å². The van der Waals surface area contributed by atoms with Crippen LogP contribution in [-0.4, -0.2) is 56.9 Å². The van der Waals surface area contributed by atoms with E-state index in [0.717, 1.165) is 0 Å². The van der Waals surface area contributed by atoms with E-state index in [4.69, 9.17) is 10.2 Å². The molecule has 1 fully saturated rings. The maximum absolute atomic E-state index is 10.7. The summed E-state index contributed by atoms with van der Waals surface area (Å²) in [5.74, 6) is 0.662. The van der Waals surface area contributed by atoms with Gasteiger partial charge in [0.05, 0.1) is 18.5 Å². The lowest BCUT2D eigenvalue weighted by molar-refractivity contribution is -0.00276. The van der Waals surface area contributed by atoms with E-state index in [9.17, 15) is 10.2 Å². The first-order chi connectivity index (χ1) is 13.0. The Balaban J connectivity index is 1.77. The lowest BCUT2D eigenvalue weighted by Crippen LogP contribution is -2.46. The van der Waals surface area contributed by atoms with Crippen molar-refractivity contribution in [3.05, 3.63) is 12.7 Å². The Kier molecular flexibility index (Phi) is 5.57. The van der Waals surface area contributed by atoms with Crippen molar-refractivity contribution >= 4 is 25.3 Å². The Hall–Kier alpha value is -1.55. The molecular formula is C19H33N5O3Si. The van der Waals surface area contributed by atoms with Gasteiger partial charge in [-0.25, -0.2) is 15.0 Å². The second kappa shape index (κ2) is 7.36. The molecule has 1 aliphatic rings. The normalized spacial score (nSPS) is 26.5. The number of aliphatic hydroxyl groups is 2. The average Bonchev–Trinajstić information content (AvgIpc) is 3.16. The molecule has 0 aromatic carbocycles. The number of rotatable bonds is 6. The third-order valence-corrected chi connectivity index (χ3v) is 11.7. The van der Waals surface area contributed by atoms with Crippen LogP contribution in [-0.2, 0) is 4.43 Å².